The van der Waals surface area contributed by atoms with E-state index in [0.29, 0.717) is 19.4 Å². The predicted octanol–water partition coefficient (Wildman–Crippen LogP) is -1.52. The molecule has 0 aromatic carbocycles. The third-order valence-electron chi connectivity index (χ3n) is 2.43. The molecular weight excluding hydrogens is 282 g/mol. The Morgan fingerprint density at radius 2 is 1.67 bits per heavy atom. The highest BCUT2D eigenvalue weighted by Crippen LogP contribution is 2.00. The lowest BCUT2D eigenvalue weighted by Crippen LogP contribution is -2.39. The summed E-state index contributed by atoms with van der Waals surface area (Å²) < 4.78 is 0. The van der Waals surface area contributed by atoms with Crippen molar-refractivity contribution in [2.24, 2.45) is 11.5 Å². The van der Waals surface area contributed by atoms with Gasteiger partial charge in [0.15, 0.2) is 0 Å². The fourth-order valence-corrected chi connectivity index (χ4v) is 1.20. The summed E-state index contributed by atoms with van der Waals surface area (Å²) in [6.45, 7) is 3.18. The summed E-state index contributed by atoms with van der Waals surface area (Å²) in [6, 6.07) is -1.93. The van der Waals surface area contributed by atoms with Crippen molar-refractivity contribution in [3.63, 3.8) is 0 Å². The maximum Gasteiger partial charge on any atom is 0.326 e. The summed E-state index contributed by atoms with van der Waals surface area (Å²) in [5, 5.41) is 27.6. The Balaban J connectivity index is 0. The Labute approximate surface area is 123 Å². The maximum atomic E-state index is 10.6. The smallest absolute Gasteiger partial charge is 0.326 e. The quantitative estimate of drug-likeness (QED) is 0.293. The van der Waals surface area contributed by atoms with Crippen molar-refractivity contribution in [3.8, 4) is 0 Å². The zero-order valence-corrected chi connectivity index (χ0v) is 12.3. The summed E-state index contributed by atoms with van der Waals surface area (Å²) in [4.78, 5) is 31.0. The Morgan fingerprint density at radius 3 is 1.90 bits per heavy atom. The molecule has 1 amide bonds. The van der Waals surface area contributed by atoms with Crippen molar-refractivity contribution >= 4 is 17.8 Å². The van der Waals surface area contributed by atoms with Crippen molar-refractivity contribution in [3.05, 3.63) is 0 Å². The van der Waals surface area contributed by atoms with E-state index in [1.54, 1.807) is 0 Å². The molecule has 0 aliphatic carbocycles. The van der Waals surface area contributed by atoms with Crippen LogP contribution < -0.4 is 16.8 Å². The van der Waals surface area contributed by atoms with Gasteiger partial charge >= 0.3 is 11.9 Å². The number of amides is 1. The molecule has 0 fully saturated rings. The van der Waals surface area contributed by atoms with Crippen LogP contribution in [0, 0.1) is 0 Å². The number of nitrogens with two attached hydrogens (primary N) is 2. The standard InChI is InChI=1S/C8H16N2O3.C4H9NO3/c1-6(11)10-7(8(12)13)4-2-3-5-9;1-2(6)3(5)4(7)8/h7H,2-5,9H2,1H3,(H,10,11)(H,12,13);2-3,6H,5H2,1H3,(H,7,8). The fourth-order valence-electron chi connectivity index (χ4n) is 1.20. The first-order valence-electron chi connectivity index (χ1n) is 6.49. The Bertz CT molecular complexity index is 335. The zero-order valence-electron chi connectivity index (χ0n) is 12.3. The number of carbonyl (C=O) groups excluding carboxylic acids is 1. The number of hydrogen-bond acceptors (Lipinski definition) is 6. The van der Waals surface area contributed by atoms with E-state index in [1.165, 1.54) is 13.8 Å². The molecule has 0 saturated carbocycles. The molecule has 3 unspecified atom stereocenters. The molecule has 9 heteroatoms. The van der Waals surface area contributed by atoms with Crippen LogP contribution in [0.15, 0.2) is 0 Å². The van der Waals surface area contributed by atoms with E-state index in [4.69, 9.17) is 26.8 Å². The molecular formula is C12H25N3O6. The van der Waals surface area contributed by atoms with Crippen LogP contribution >= 0.6 is 0 Å². The van der Waals surface area contributed by atoms with Gasteiger partial charge in [-0.15, -0.1) is 0 Å². The van der Waals surface area contributed by atoms with Crippen LogP contribution in [-0.2, 0) is 14.4 Å². The number of carboxylic acids is 2. The van der Waals surface area contributed by atoms with Crippen molar-refractivity contribution in [1.82, 2.24) is 5.32 Å². The van der Waals surface area contributed by atoms with Gasteiger partial charge in [-0.25, -0.2) is 4.79 Å². The minimum atomic E-state index is -1.18. The average molecular weight is 307 g/mol. The van der Waals surface area contributed by atoms with Crippen molar-refractivity contribution in [1.29, 1.82) is 0 Å². The summed E-state index contributed by atoms with van der Waals surface area (Å²) >= 11 is 0. The molecule has 8 N–H and O–H groups in total. The second kappa shape index (κ2) is 12.1. The lowest BCUT2D eigenvalue weighted by Gasteiger charge is -2.12. The molecule has 9 nitrogen and oxygen atoms in total. The van der Waals surface area contributed by atoms with Crippen LogP contribution in [0.25, 0.3) is 0 Å². The summed E-state index contributed by atoms with van der Waals surface area (Å²) in [6.07, 6.45) is 0.955. The topological polar surface area (TPSA) is 176 Å². The van der Waals surface area contributed by atoms with Gasteiger partial charge in [0.25, 0.3) is 0 Å². The SMILES string of the molecule is CC(=O)NC(CCCCN)C(=O)O.CC(O)C(N)C(=O)O. The molecule has 0 saturated heterocycles. The Morgan fingerprint density at radius 1 is 1.14 bits per heavy atom. The number of aliphatic hydroxyl groups is 1. The number of hydrogen-bond donors (Lipinski definition) is 6. The molecule has 0 bridgehead atoms. The van der Waals surface area contributed by atoms with Gasteiger partial charge in [0.2, 0.25) is 5.91 Å². The first-order valence-corrected chi connectivity index (χ1v) is 6.49. The second-order valence-corrected chi connectivity index (χ2v) is 4.48. The van der Waals surface area contributed by atoms with E-state index in [1.807, 2.05) is 0 Å². The van der Waals surface area contributed by atoms with E-state index < -0.39 is 30.1 Å². The van der Waals surface area contributed by atoms with Gasteiger partial charge in [-0.1, -0.05) is 0 Å². The van der Waals surface area contributed by atoms with Crippen LogP contribution in [0.2, 0.25) is 0 Å². The summed E-state index contributed by atoms with van der Waals surface area (Å²) in [5.41, 5.74) is 10.2. The highest BCUT2D eigenvalue weighted by Gasteiger charge is 2.17. The van der Waals surface area contributed by atoms with Gasteiger partial charge in [0.05, 0.1) is 6.10 Å². The fraction of sp³-hybridized carbons (Fsp3) is 0.750. The first kappa shape index (κ1) is 21.6. The summed E-state index contributed by atoms with van der Waals surface area (Å²) in [7, 11) is 0. The highest BCUT2D eigenvalue weighted by molar-refractivity contribution is 5.81. The zero-order chi connectivity index (χ0) is 17.0. The first-order chi connectivity index (χ1) is 9.63. The monoisotopic (exact) mass is 307 g/mol. The molecule has 0 spiro atoms. The molecule has 0 rings (SSSR count). The number of carbonyl (C=O) groups is 3. The molecule has 0 aliphatic rings. The lowest BCUT2D eigenvalue weighted by molar-refractivity contribution is -0.142. The Hall–Kier alpha value is -1.71. The highest BCUT2D eigenvalue weighted by atomic mass is 16.4. The number of nitrogens with one attached hydrogen (secondary N) is 1. The van der Waals surface area contributed by atoms with Crippen molar-refractivity contribution in [2.75, 3.05) is 6.54 Å². The molecule has 124 valence electrons. The van der Waals surface area contributed by atoms with Crippen molar-refractivity contribution in [2.45, 2.75) is 51.3 Å². The third-order valence-corrected chi connectivity index (χ3v) is 2.43. The molecule has 3 atom stereocenters. The van der Waals surface area contributed by atoms with Gasteiger partial charge in [-0.2, -0.15) is 0 Å². The van der Waals surface area contributed by atoms with Crippen LogP contribution in [-0.4, -0.2) is 57.9 Å². The van der Waals surface area contributed by atoms with E-state index in [9.17, 15) is 14.4 Å². The minimum Gasteiger partial charge on any atom is -0.480 e. The van der Waals surface area contributed by atoms with Crippen LogP contribution in [0.4, 0.5) is 0 Å². The van der Waals surface area contributed by atoms with Gasteiger partial charge < -0.3 is 32.1 Å². The van der Waals surface area contributed by atoms with Gasteiger partial charge in [0, 0.05) is 6.92 Å². The second-order valence-electron chi connectivity index (χ2n) is 4.48. The Kier molecular flexibility index (Phi) is 12.4. The van der Waals surface area contributed by atoms with Crippen LogP contribution in [0.5, 0.6) is 0 Å². The average Bonchev–Trinajstić information content (AvgIpc) is 2.36. The molecule has 0 aromatic heterocycles. The number of aliphatic hydroxyl groups excluding tert-OH is 1. The number of aliphatic carboxylic acids is 2. The summed E-state index contributed by atoms with van der Waals surface area (Å²) in [5.74, 6) is -2.49. The van der Waals surface area contributed by atoms with Gasteiger partial charge in [0.1, 0.15) is 12.1 Å². The molecule has 0 aromatic rings. The van der Waals surface area contributed by atoms with E-state index >= 15 is 0 Å². The van der Waals surface area contributed by atoms with Crippen molar-refractivity contribution < 1.29 is 29.7 Å². The minimum absolute atomic E-state index is 0.319. The predicted molar refractivity (Wildman–Crippen MR) is 75.4 cm³/mol. The molecule has 0 heterocycles. The van der Waals surface area contributed by atoms with E-state index in [2.05, 4.69) is 5.32 Å². The van der Waals surface area contributed by atoms with Crippen LogP contribution in [0.1, 0.15) is 33.1 Å². The molecule has 0 aliphatic heterocycles. The lowest BCUT2D eigenvalue weighted by atomic mass is 10.1. The normalized spacial score (nSPS) is 14.1. The third kappa shape index (κ3) is 13.0. The number of rotatable bonds is 8. The van der Waals surface area contributed by atoms with Crippen LogP contribution in [0.3, 0.4) is 0 Å². The number of unbranched alkanes of at least 4 members (excludes halogenated alkanes) is 1. The molecule has 21 heavy (non-hydrogen) atoms. The number of carboxylic acid groups (broad SMARTS) is 2. The van der Waals surface area contributed by atoms with E-state index in [0.717, 1.165) is 6.42 Å². The van der Waals surface area contributed by atoms with E-state index in [-0.39, 0.29) is 5.91 Å². The maximum absolute atomic E-state index is 10.6. The van der Waals surface area contributed by atoms with Gasteiger partial charge in [-0.3, -0.25) is 9.59 Å². The molecule has 0 radical (unpaired) electrons. The largest absolute Gasteiger partial charge is 0.480 e. The van der Waals surface area contributed by atoms with Gasteiger partial charge in [-0.05, 0) is 32.7 Å².